The van der Waals surface area contributed by atoms with E-state index in [4.69, 9.17) is 0 Å². The first-order valence-corrected chi connectivity index (χ1v) is 13.3. The number of amides is 4. The Bertz CT molecular complexity index is 950. The summed E-state index contributed by atoms with van der Waals surface area (Å²) in [5, 5.41) is 16.7. The lowest BCUT2D eigenvalue weighted by molar-refractivity contribution is -0.144. The Morgan fingerprint density at radius 3 is 2.13 bits per heavy atom. The van der Waals surface area contributed by atoms with Gasteiger partial charge in [-0.15, -0.1) is 0 Å². The monoisotopic (exact) mass is 542 g/mol. The summed E-state index contributed by atoms with van der Waals surface area (Å²) >= 11 is 0. The van der Waals surface area contributed by atoms with Gasteiger partial charge in [-0.05, 0) is 56.3 Å². The van der Waals surface area contributed by atoms with Crippen molar-refractivity contribution in [2.24, 2.45) is 10.8 Å². The molecule has 3 fully saturated rings. The van der Waals surface area contributed by atoms with Crippen LogP contribution in [0.4, 0.5) is 13.6 Å². The van der Waals surface area contributed by atoms with Crippen molar-refractivity contribution >= 4 is 29.6 Å². The zero-order valence-electron chi connectivity index (χ0n) is 22.6. The van der Waals surface area contributed by atoms with Crippen LogP contribution in [0.1, 0.15) is 85.5 Å². The van der Waals surface area contributed by atoms with Gasteiger partial charge in [0.25, 0.3) is 5.91 Å². The van der Waals surface area contributed by atoms with Crippen molar-refractivity contribution in [3.63, 3.8) is 0 Å². The number of carboxylic acid groups (broad SMARTS) is 1. The van der Waals surface area contributed by atoms with Crippen LogP contribution < -0.4 is 16.0 Å². The van der Waals surface area contributed by atoms with Crippen LogP contribution in [0.3, 0.4) is 0 Å². The Hall–Kier alpha value is -2.79. The largest absolute Gasteiger partial charge is 0.465 e. The number of Topliss-reactive ketones (excluding diaryl/α,β-unsaturated/α-hetero) is 1. The van der Waals surface area contributed by atoms with Crippen molar-refractivity contribution in [2.75, 3.05) is 6.54 Å². The highest BCUT2D eigenvalue weighted by atomic mass is 19.3. The molecule has 2 unspecified atom stereocenters. The molecule has 3 atom stereocenters. The maximum Gasteiger partial charge on any atom is 0.405 e. The standard InChI is InChI=1S/C26H40F2N4O6/c1-24(2,3)19(31-23(37)38)22(36)32-14-26(10-5-6-11-26)13-17(32)20(34)30-16(9-12-25(4,27)28)18(33)21(35)29-15-7-8-15/h15-17,19,31H,5-14H2,1-4H3,(H,29,35)(H,30,34)(H,37,38)/t16?,17-,19?/m0/s1. The van der Waals surface area contributed by atoms with Gasteiger partial charge >= 0.3 is 6.09 Å². The van der Waals surface area contributed by atoms with Crippen LogP contribution in [0.25, 0.3) is 0 Å². The van der Waals surface area contributed by atoms with Gasteiger partial charge in [0.2, 0.25) is 23.5 Å². The molecule has 12 heteroatoms. The molecule has 0 aromatic rings. The third kappa shape index (κ3) is 7.63. The molecule has 2 aliphatic carbocycles. The number of carbonyl (C=O) groups excluding carboxylic acids is 4. The van der Waals surface area contributed by atoms with Gasteiger partial charge in [0.1, 0.15) is 12.1 Å². The normalized spacial score (nSPS) is 22.6. The van der Waals surface area contributed by atoms with Crippen LogP contribution >= 0.6 is 0 Å². The van der Waals surface area contributed by atoms with E-state index in [0.717, 1.165) is 38.5 Å². The maximum absolute atomic E-state index is 13.7. The second-order valence-electron chi connectivity index (χ2n) is 12.4. The Kier molecular flexibility index (Phi) is 8.72. The fraction of sp³-hybridized carbons (Fsp3) is 0.808. The highest BCUT2D eigenvalue weighted by Gasteiger charge is 2.52. The lowest BCUT2D eigenvalue weighted by Crippen LogP contribution is -2.59. The summed E-state index contributed by atoms with van der Waals surface area (Å²) in [6.07, 6.45) is 2.68. The van der Waals surface area contributed by atoms with Crippen molar-refractivity contribution in [1.29, 1.82) is 0 Å². The molecule has 1 heterocycles. The molecule has 0 bridgehead atoms. The molecule has 0 aromatic heterocycles. The molecule has 3 rings (SSSR count). The average molecular weight is 543 g/mol. The molecule has 4 amide bonds. The topological polar surface area (TPSA) is 145 Å². The van der Waals surface area contributed by atoms with Crippen LogP contribution in [0.15, 0.2) is 0 Å². The Morgan fingerprint density at radius 2 is 1.63 bits per heavy atom. The Morgan fingerprint density at radius 1 is 1.03 bits per heavy atom. The van der Waals surface area contributed by atoms with Gasteiger partial charge < -0.3 is 26.0 Å². The van der Waals surface area contributed by atoms with Crippen LogP contribution in [-0.2, 0) is 19.2 Å². The van der Waals surface area contributed by atoms with E-state index in [1.807, 2.05) is 0 Å². The first kappa shape index (κ1) is 29.8. The molecule has 0 aromatic carbocycles. The number of ketones is 1. The predicted octanol–water partition coefficient (Wildman–Crippen LogP) is 2.60. The van der Waals surface area contributed by atoms with E-state index in [-0.39, 0.29) is 18.0 Å². The molecular weight excluding hydrogens is 502 g/mol. The summed E-state index contributed by atoms with van der Waals surface area (Å²) in [6, 6.07) is -3.76. The van der Waals surface area contributed by atoms with E-state index in [1.165, 1.54) is 4.90 Å². The molecular formula is C26H40F2N4O6. The smallest absolute Gasteiger partial charge is 0.405 e. The minimum absolute atomic E-state index is 0.128. The summed E-state index contributed by atoms with van der Waals surface area (Å²) in [7, 11) is 0. The van der Waals surface area contributed by atoms with Gasteiger partial charge in [-0.3, -0.25) is 19.2 Å². The third-order valence-electron chi connectivity index (χ3n) is 7.78. The van der Waals surface area contributed by atoms with Crippen LogP contribution in [0.5, 0.6) is 0 Å². The number of carbonyl (C=O) groups is 5. The van der Waals surface area contributed by atoms with Crippen molar-refractivity contribution in [1.82, 2.24) is 20.9 Å². The van der Waals surface area contributed by atoms with Crippen LogP contribution in [-0.4, -0.2) is 76.2 Å². The van der Waals surface area contributed by atoms with E-state index >= 15 is 0 Å². The molecule has 4 N–H and O–H groups in total. The zero-order chi connectivity index (χ0) is 28.5. The summed E-state index contributed by atoms with van der Waals surface area (Å²) < 4.78 is 27.3. The minimum Gasteiger partial charge on any atom is -0.465 e. The lowest BCUT2D eigenvalue weighted by Gasteiger charge is -2.35. The highest BCUT2D eigenvalue weighted by Crippen LogP contribution is 2.48. The number of hydrogen-bond donors (Lipinski definition) is 4. The molecule has 10 nitrogen and oxygen atoms in total. The number of likely N-dealkylation sites (tertiary alicyclic amines) is 1. The van der Waals surface area contributed by atoms with E-state index in [1.54, 1.807) is 20.8 Å². The van der Waals surface area contributed by atoms with Gasteiger partial charge in [-0.1, -0.05) is 33.6 Å². The summed E-state index contributed by atoms with van der Waals surface area (Å²) in [4.78, 5) is 65.4. The summed E-state index contributed by atoms with van der Waals surface area (Å²) in [5.74, 6) is -6.30. The van der Waals surface area contributed by atoms with Gasteiger partial charge in [0.05, 0.1) is 6.04 Å². The highest BCUT2D eigenvalue weighted by molar-refractivity contribution is 6.38. The van der Waals surface area contributed by atoms with Gasteiger partial charge in [0.15, 0.2) is 0 Å². The first-order chi connectivity index (χ1) is 17.5. The number of rotatable bonds is 10. The number of hydrogen-bond acceptors (Lipinski definition) is 5. The molecule has 1 spiro atoms. The number of halogens is 2. The molecule has 3 aliphatic rings. The zero-order valence-corrected chi connectivity index (χ0v) is 22.6. The predicted molar refractivity (Wildman–Crippen MR) is 133 cm³/mol. The first-order valence-electron chi connectivity index (χ1n) is 13.3. The van der Waals surface area contributed by atoms with Gasteiger partial charge in [-0.2, -0.15) is 0 Å². The summed E-state index contributed by atoms with van der Waals surface area (Å²) in [6.45, 7) is 6.08. The molecule has 38 heavy (non-hydrogen) atoms. The van der Waals surface area contributed by atoms with E-state index in [2.05, 4.69) is 16.0 Å². The fourth-order valence-electron chi connectivity index (χ4n) is 5.52. The van der Waals surface area contributed by atoms with Crippen molar-refractivity contribution in [3.8, 4) is 0 Å². The SMILES string of the molecule is CC(F)(F)CCC(NC(=O)[C@@H]1CC2(CCCC2)CN1C(=O)C(NC(=O)O)C(C)(C)C)C(=O)C(=O)NC1CC1. The third-order valence-corrected chi connectivity index (χ3v) is 7.78. The molecule has 2 saturated carbocycles. The van der Waals surface area contributed by atoms with E-state index < -0.39 is 71.9 Å². The summed E-state index contributed by atoms with van der Waals surface area (Å²) in [5.41, 5.74) is -1.11. The molecule has 1 aliphatic heterocycles. The second-order valence-corrected chi connectivity index (χ2v) is 12.4. The van der Waals surface area contributed by atoms with Crippen molar-refractivity contribution in [2.45, 2.75) is 116 Å². The molecule has 0 radical (unpaired) electrons. The fourth-order valence-corrected chi connectivity index (χ4v) is 5.52. The van der Waals surface area contributed by atoms with Crippen molar-refractivity contribution < 1.29 is 37.9 Å². The van der Waals surface area contributed by atoms with Crippen LogP contribution in [0.2, 0.25) is 0 Å². The van der Waals surface area contributed by atoms with Gasteiger partial charge in [-0.25, -0.2) is 13.6 Å². The Labute approximate surface area is 221 Å². The quantitative estimate of drug-likeness (QED) is 0.312. The average Bonchev–Trinajstić information content (AvgIpc) is 3.36. The second kappa shape index (κ2) is 11.1. The molecule has 1 saturated heterocycles. The number of nitrogens with one attached hydrogen (secondary N) is 3. The Balaban J connectivity index is 1.84. The number of nitrogens with zero attached hydrogens (tertiary/aromatic N) is 1. The number of alkyl halides is 2. The van der Waals surface area contributed by atoms with E-state index in [9.17, 15) is 37.9 Å². The molecule has 214 valence electrons. The minimum atomic E-state index is -3.11. The van der Waals surface area contributed by atoms with Crippen molar-refractivity contribution in [3.05, 3.63) is 0 Å². The van der Waals surface area contributed by atoms with E-state index in [0.29, 0.717) is 13.3 Å². The van der Waals surface area contributed by atoms with Gasteiger partial charge in [0, 0.05) is 19.0 Å². The van der Waals surface area contributed by atoms with Crippen LogP contribution in [0, 0.1) is 10.8 Å². The maximum atomic E-state index is 13.7. The lowest BCUT2D eigenvalue weighted by atomic mass is 9.83.